The number of methoxy groups -OCH3 is 1. The van der Waals surface area contributed by atoms with Crippen molar-refractivity contribution < 1.29 is 14.6 Å². The van der Waals surface area contributed by atoms with Crippen LogP contribution in [0.5, 0.6) is 5.75 Å². The summed E-state index contributed by atoms with van der Waals surface area (Å²) in [5.74, 6) is 1.54. The Labute approximate surface area is 250 Å². The Kier molecular flexibility index (Phi) is 8.82. The number of aromatic nitrogens is 2. The zero-order valence-corrected chi connectivity index (χ0v) is 25.8. The summed E-state index contributed by atoms with van der Waals surface area (Å²) in [7, 11) is 5.80. The molecule has 2 aromatic heterocycles. The number of benzene rings is 2. The van der Waals surface area contributed by atoms with Crippen molar-refractivity contribution in [3.8, 4) is 16.9 Å². The predicted molar refractivity (Wildman–Crippen MR) is 167 cm³/mol. The third-order valence-electron chi connectivity index (χ3n) is 7.95. The molecule has 41 heavy (non-hydrogen) atoms. The number of carboxylic acid groups (broad SMARTS) is 1. The van der Waals surface area contributed by atoms with Crippen LogP contribution in [0, 0.1) is 12.8 Å². The number of thiophene rings is 1. The summed E-state index contributed by atoms with van der Waals surface area (Å²) in [5, 5.41) is 17.0. The van der Waals surface area contributed by atoms with Gasteiger partial charge in [0.15, 0.2) is 0 Å². The summed E-state index contributed by atoms with van der Waals surface area (Å²) >= 11 is 8.40. The molecule has 1 aliphatic rings. The first-order chi connectivity index (χ1) is 19.6. The van der Waals surface area contributed by atoms with Gasteiger partial charge in [0.05, 0.1) is 24.6 Å². The van der Waals surface area contributed by atoms with Crippen molar-refractivity contribution in [2.75, 3.05) is 26.5 Å². The zero-order valence-electron chi connectivity index (χ0n) is 24.2. The molecule has 2 aromatic carbocycles. The molecule has 4 aromatic rings. The lowest BCUT2D eigenvalue weighted by atomic mass is 9.78. The van der Waals surface area contributed by atoms with Crippen LogP contribution >= 0.6 is 22.9 Å². The maximum absolute atomic E-state index is 11.5. The lowest BCUT2D eigenvalue weighted by molar-refractivity contribution is -0.142. The predicted octanol–water partition coefficient (Wildman–Crippen LogP) is 7.92. The molecular weight excluding hydrogens is 556 g/mol. The standard InChI is InChI=1S/C32H37ClN4O3S/c1-18(29-13-23(17-41-29)30-22(16-37(3)4)7-6-8-26(30)33)34-31-25-14-24(20-9-11-21(12-10-20)32(38)39)28(40-5)15-27(25)35-19(2)36-31/h6-8,13-15,17-18,20-21H,9-12,16H2,1-5H3,(H,38,39)(H,34,35,36)/t18-,20?,21?/m1/s1. The minimum absolute atomic E-state index is 0.00240. The molecule has 2 N–H and O–H groups in total. The molecule has 0 radical (unpaired) electrons. The topological polar surface area (TPSA) is 87.6 Å². The van der Waals surface area contributed by atoms with Gasteiger partial charge >= 0.3 is 5.97 Å². The number of rotatable bonds is 9. The summed E-state index contributed by atoms with van der Waals surface area (Å²) in [6.45, 7) is 4.85. The normalized spacial score (nSPS) is 18.0. The average molecular weight is 593 g/mol. The van der Waals surface area contributed by atoms with Gasteiger partial charge in [0.1, 0.15) is 17.4 Å². The van der Waals surface area contributed by atoms with Crippen molar-refractivity contribution in [2.45, 2.75) is 58.0 Å². The summed E-state index contributed by atoms with van der Waals surface area (Å²) in [5.41, 5.74) is 5.31. The molecule has 0 aliphatic heterocycles. The minimum Gasteiger partial charge on any atom is -0.496 e. The first-order valence-corrected chi connectivity index (χ1v) is 15.3. The van der Waals surface area contributed by atoms with Gasteiger partial charge in [-0.2, -0.15) is 0 Å². The van der Waals surface area contributed by atoms with Crippen LogP contribution in [0.2, 0.25) is 5.02 Å². The number of fused-ring (bicyclic) bond motifs is 1. The van der Waals surface area contributed by atoms with E-state index in [1.165, 1.54) is 10.4 Å². The van der Waals surface area contributed by atoms with Crippen molar-refractivity contribution in [3.05, 3.63) is 68.6 Å². The van der Waals surface area contributed by atoms with Gasteiger partial charge in [-0.1, -0.05) is 23.7 Å². The van der Waals surface area contributed by atoms with E-state index in [0.29, 0.717) is 18.7 Å². The first kappa shape index (κ1) is 29.3. The molecule has 9 heteroatoms. The Morgan fingerprint density at radius 3 is 2.63 bits per heavy atom. The quantitative estimate of drug-likeness (QED) is 0.204. The molecule has 0 amide bonds. The van der Waals surface area contributed by atoms with Crippen LogP contribution in [0.15, 0.2) is 41.8 Å². The molecule has 0 bridgehead atoms. The van der Waals surface area contributed by atoms with Crippen molar-refractivity contribution in [3.63, 3.8) is 0 Å². The van der Waals surface area contributed by atoms with E-state index in [0.717, 1.165) is 63.6 Å². The minimum atomic E-state index is -0.696. The third-order valence-corrected chi connectivity index (χ3v) is 9.38. The second-order valence-corrected chi connectivity index (χ2v) is 12.6. The van der Waals surface area contributed by atoms with E-state index in [-0.39, 0.29) is 17.9 Å². The van der Waals surface area contributed by atoms with Crippen LogP contribution in [-0.4, -0.2) is 47.1 Å². The Morgan fingerprint density at radius 1 is 1.20 bits per heavy atom. The van der Waals surface area contributed by atoms with Gasteiger partial charge in [-0.15, -0.1) is 11.3 Å². The number of nitrogens with zero attached hydrogens (tertiary/aromatic N) is 3. The number of hydrogen-bond donors (Lipinski definition) is 2. The van der Waals surface area contributed by atoms with Gasteiger partial charge in [0.2, 0.25) is 0 Å². The largest absolute Gasteiger partial charge is 0.496 e. The Morgan fingerprint density at radius 2 is 1.95 bits per heavy atom. The highest BCUT2D eigenvalue weighted by Gasteiger charge is 2.29. The van der Waals surface area contributed by atoms with Crippen molar-refractivity contribution >= 4 is 45.6 Å². The molecule has 2 heterocycles. The maximum atomic E-state index is 11.5. The monoisotopic (exact) mass is 592 g/mol. The fourth-order valence-corrected chi connectivity index (χ4v) is 7.11. The summed E-state index contributed by atoms with van der Waals surface area (Å²) < 4.78 is 5.79. The van der Waals surface area contributed by atoms with Gasteiger partial charge < -0.3 is 20.1 Å². The first-order valence-electron chi connectivity index (χ1n) is 14.0. The summed E-state index contributed by atoms with van der Waals surface area (Å²) in [6.07, 6.45) is 2.99. The average Bonchev–Trinajstić information content (AvgIpc) is 3.42. The fraction of sp³-hybridized carbons (Fsp3) is 0.406. The molecule has 1 aliphatic carbocycles. The van der Waals surface area contributed by atoms with E-state index in [4.69, 9.17) is 26.3 Å². The van der Waals surface area contributed by atoms with Gasteiger partial charge in [-0.25, -0.2) is 9.97 Å². The second kappa shape index (κ2) is 12.3. The highest BCUT2D eigenvalue weighted by atomic mass is 35.5. The van der Waals surface area contributed by atoms with Crippen molar-refractivity contribution in [2.24, 2.45) is 5.92 Å². The number of nitrogens with one attached hydrogen (secondary N) is 1. The number of aliphatic carboxylic acids is 1. The lowest BCUT2D eigenvalue weighted by Crippen LogP contribution is -2.20. The highest BCUT2D eigenvalue weighted by molar-refractivity contribution is 7.10. The van der Waals surface area contributed by atoms with Gasteiger partial charge in [-0.05, 0) is 99.8 Å². The van der Waals surface area contributed by atoms with E-state index in [9.17, 15) is 9.90 Å². The second-order valence-electron chi connectivity index (χ2n) is 11.2. The number of aryl methyl sites for hydroxylation is 1. The van der Waals surface area contributed by atoms with Crippen LogP contribution in [0.1, 0.15) is 66.4 Å². The van der Waals surface area contributed by atoms with Crippen LogP contribution in [-0.2, 0) is 11.3 Å². The molecule has 0 saturated heterocycles. The van der Waals surface area contributed by atoms with Gasteiger partial charge in [0, 0.05) is 33.5 Å². The number of carboxylic acids is 1. The van der Waals surface area contributed by atoms with Crippen LogP contribution in [0.3, 0.4) is 0 Å². The van der Waals surface area contributed by atoms with E-state index >= 15 is 0 Å². The zero-order chi connectivity index (χ0) is 29.3. The molecule has 1 atom stereocenters. The Bertz CT molecular complexity index is 1560. The molecule has 0 spiro atoms. The Hall–Kier alpha value is -3.20. The fourth-order valence-electron chi connectivity index (χ4n) is 5.90. The van der Waals surface area contributed by atoms with E-state index in [1.54, 1.807) is 18.4 Å². The molecular formula is C32H37ClN4O3S. The SMILES string of the molecule is COc1cc2nc(C)nc(N[C@H](C)c3cc(-c4c(Cl)cccc4CN(C)C)cs3)c2cc1C1CCC(C(=O)O)CC1. The molecule has 7 nitrogen and oxygen atoms in total. The number of anilines is 1. The molecule has 0 unspecified atom stereocenters. The smallest absolute Gasteiger partial charge is 0.306 e. The van der Waals surface area contributed by atoms with E-state index in [2.05, 4.69) is 54.8 Å². The maximum Gasteiger partial charge on any atom is 0.306 e. The Balaban J connectivity index is 1.45. The number of ether oxygens (including phenoxy) is 1. The summed E-state index contributed by atoms with van der Waals surface area (Å²) in [4.78, 5) is 24.3. The van der Waals surface area contributed by atoms with E-state index in [1.807, 2.05) is 25.1 Å². The van der Waals surface area contributed by atoms with Crippen LogP contribution in [0.4, 0.5) is 5.82 Å². The third kappa shape index (κ3) is 6.35. The molecule has 1 saturated carbocycles. The summed E-state index contributed by atoms with van der Waals surface area (Å²) in [6, 6.07) is 12.4. The van der Waals surface area contributed by atoms with Gasteiger partial charge in [0.25, 0.3) is 0 Å². The van der Waals surface area contributed by atoms with Crippen LogP contribution < -0.4 is 10.1 Å². The van der Waals surface area contributed by atoms with Gasteiger partial charge in [-0.3, -0.25) is 4.79 Å². The lowest BCUT2D eigenvalue weighted by Gasteiger charge is -2.28. The van der Waals surface area contributed by atoms with Crippen molar-refractivity contribution in [1.29, 1.82) is 0 Å². The van der Waals surface area contributed by atoms with Crippen molar-refractivity contribution in [1.82, 2.24) is 14.9 Å². The molecule has 5 rings (SSSR count). The number of hydrogen-bond acceptors (Lipinski definition) is 7. The number of halogens is 1. The number of carbonyl (C=O) groups is 1. The van der Waals surface area contributed by atoms with Crippen LogP contribution in [0.25, 0.3) is 22.0 Å². The highest BCUT2D eigenvalue weighted by Crippen LogP contribution is 2.43. The van der Waals surface area contributed by atoms with E-state index < -0.39 is 5.97 Å². The molecule has 1 fully saturated rings. The molecule has 216 valence electrons.